The van der Waals surface area contributed by atoms with Crippen molar-refractivity contribution in [1.82, 2.24) is 0 Å². The quantitative estimate of drug-likeness (QED) is 0.327. The van der Waals surface area contributed by atoms with E-state index in [0.29, 0.717) is 0 Å². The summed E-state index contributed by atoms with van der Waals surface area (Å²) < 4.78 is 9.49. The molecule has 0 bridgehead atoms. The Morgan fingerprint density at radius 2 is 1.65 bits per heavy atom. The Balaban J connectivity index is 3.39. The summed E-state index contributed by atoms with van der Waals surface area (Å²) in [4.78, 5) is 34.6. The molecule has 0 aliphatic carbocycles. The standard InChI is InChI=1S/C15H19NO7/c1-3-22-13(17)15(19,14(18)23-4-2)12(10-16(20)21)11-8-6-5-7-9-11/h5-9,12,19H,3-4,10H2,1-2H3. The van der Waals surface area contributed by atoms with Crippen LogP contribution in [0.25, 0.3) is 0 Å². The van der Waals surface area contributed by atoms with Gasteiger partial charge in [-0.2, -0.15) is 0 Å². The van der Waals surface area contributed by atoms with E-state index in [2.05, 4.69) is 0 Å². The number of ether oxygens (including phenoxy) is 2. The van der Waals surface area contributed by atoms with Crippen molar-refractivity contribution in [3.63, 3.8) is 0 Å². The summed E-state index contributed by atoms with van der Waals surface area (Å²) in [6, 6.07) is 7.80. The first-order chi connectivity index (χ1) is 10.9. The average molecular weight is 325 g/mol. The maximum Gasteiger partial charge on any atom is 0.350 e. The molecule has 0 amide bonds. The third-order valence-electron chi connectivity index (χ3n) is 3.21. The minimum Gasteiger partial charge on any atom is -0.463 e. The third kappa shape index (κ3) is 4.26. The van der Waals surface area contributed by atoms with Gasteiger partial charge in [-0.05, 0) is 19.4 Å². The second-order valence-corrected chi connectivity index (χ2v) is 4.69. The Hall–Kier alpha value is -2.48. The second-order valence-electron chi connectivity index (χ2n) is 4.69. The molecule has 1 aromatic rings. The Labute approximate surface area is 133 Å². The molecule has 0 aliphatic heterocycles. The lowest BCUT2D eigenvalue weighted by Gasteiger charge is -2.29. The van der Waals surface area contributed by atoms with E-state index in [4.69, 9.17) is 9.47 Å². The maximum atomic E-state index is 12.2. The van der Waals surface area contributed by atoms with Crippen molar-refractivity contribution < 1.29 is 29.1 Å². The monoisotopic (exact) mass is 325 g/mol. The van der Waals surface area contributed by atoms with Crippen molar-refractivity contribution in [1.29, 1.82) is 0 Å². The molecule has 23 heavy (non-hydrogen) atoms. The van der Waals surface area contributed by atoms with Crippen LogP contribution < -0.4 is 0 Å². The summed E-state index contributed by atoms with van der Waals surface area (Å²) in [6.45, 7) is 1.96. The molecule has 0 heterocycles. The highest BCUT2D eigenvalue weighted by Gasteiger charge is 2.56. The molecule has 8 heteroatoms. The van der Waals surface area contributed by atoms with E-state index in [1.807, 2.05) is 0 Å². The Kier molecular flexibility index (Phi) is 6.65. The lowest BCUT2D eigenvalue weighted by molar-refractivity contribution is -0.486. The van der Waals surface area contributed by atoms with Gasteiger partial charge in [-0.15, -0.1) is 0 Å². The number of rotatable bonds is 8. The van der Waals surface area contributed by atoms with Crippen LogP contribution in [0.1, 0.15) is 25.3 Å². The Morgan fingerprint density at radius 3 is 2.04 bits per heavy atom. The molecule has 0 saturated carbocycles. The predicted molar refractivity (Wildman–Crippen MR) is 79.3 cm³/mol. The number of esters is 2. The number of hydrogen-bond donors (Lipinski definition) is 1. The van der Waals surface area contributed by atoms with E-state index < -0.39 is 34.9 Å². The summed E-state index contributed by atoms with van der Waals surface area (Å²) in [7, 11) is 0. The summed E-state index contributed by atoms with van der Waals surface area (Å²) in [5.74, 6) is -3.97. The summed E-state index contributed by atoms with van der Waals surface area (Å²) in [6.07, 6.45) is 0. The minimum atomic E-state index is -2.79. The smallest absolute Gasteiger partial charge is 0.350 e. The highest BCUT2D eigenvalue weighted by atomic mass is 16.6. The van der Waals surface area contributed by atoms with E-state index >= 15 is 0 Å². The third-order valence-corrected chi connectivity index (χ3v) is 3.21. The fourth-order valence-corrected chi connectivity index (χ4v) is 2.16. The molecule has 0 aliphatic rings. The van der Waals surface area contributed by atoms with Crippen LogP contribution in [0, 0.1) is 10.1 Å². The number of nitro groups is 1. The van der Waals surface area contributed by atoms with E-state index in [9.17, 15) is 24.8 Å². The van der Waals surface area contributed by atoms with Gasteiger partial charge in [0.15, 0.2) is 0 Å². The van der Waals surface area contributed by atoms with E-state index in [-0.39, 0.29) is 18.8 Å². The maximum absolute atomic E-state index is 12.2. The Morgan fingerprint density at radius 1 is 1.17 bits per heavy atom. The fourth-order valence-electron chi connectivity index (χ4n) is 2.16. The van der Waals surface area contributed by atoms with Crippen molar-refractivity contribution in [2.75, 3.05) is 19.8 Å². The van der Waals surface area contributed by atoms with Gasteiger partial charge in [0.05, 0.1) is 19.1 Å². The van der Waals surface area contributed by atoms with Crippen LogP contribution in [-0.4, -0.2) is 47.3 Å². The van der Waals surface area contributed by atoms with Crippen LogP contribution in [0.2, 0.25) is 0 Å². The SMILES string of the molecule is CCOC(=O)C(O)(C(=O)OCC)C(C[N+](=O)[O-])c1ccccc1. The minimum absolute atomic E-state index is 0.0967. The van der Waals surface area contributed by atoms with Gasteiger partial charge in [0.2, 0.25) is 6.54 Å². The largest absolute Gasteiger partial charge is 0.463 e. The van der Waals surface area contributed by atoms with Crippen molar-refractivity contribution in [2.45, 2.75) is 25.4 Å². The molecule has 1 N–H and O–H groups in total. The lowest BCUT2D eigenvalue weighted by Crippen LogP contribution is -2.55. The van der Waals surface area contributed by atoms with Gasteiger partial charge < -0.3 is 14.6 Å². The molecule has 0 aromatic heterocycles. The molecule has 0 saturated heterocycles. The number of hydrogen-bond acceptors (Lipinski definition) is 7. The van der Waals surface area contributed by atoms with Crippen molar-refractivity contribution in [3.8, 4) is 0 Å². The van der Waals surface area contributed by atoms with E-state index in [0.717, 1.165) is 0 Å². The molecule has 0 radical (unpaired) electrons. The molecule has 126 valence electrons. The second kappa shape index (κ2) is 8.23. The topological polar surface area (TPSA) is 116 Å². The van der Waals surface area contributed by atoms with Crippen LogP contribution in [0.5, 0.6) is 0 Å². The van der Waals surface area contributed by atoms with Crippen molar-refractivity contribution in [2.24, 2.45) is 0 Å². The van der Waals surface area contributed by atoms with Crippen LogP contribution in [-0.2, 0) is 19.1 Å². The van der Waals surface area contributed by atoms with Crippen LogP contribution in [0.3, 0.4) is 0 Å². The van der Waals surface area contributed by atoms with Crippen molar-refractivity contribution in [3.05, 3.63) is 46.0 Å². The van der Waals surface area contributed by atoms with E-state index in [1.54, 1.807) is 18.2 Å². The molecule has 8 nitrogen and oxygen atoms in total. The first-order valence-electron chi connectivity index (χ1n) is 7.11. The fraction of sp³-hybridized carbons (Fsp3) is 0.467. The zero-order valence-corrected chi connectivity index (χ0v) is 12.9. The Bertz CT molecular complexity index is 540. The lowest BCUT2D eigenvalue weighted by atomic mass is 9.81. The summed E-state index contributed by atoms with van der Waals surface area (Å²) in [5.41, 5.74) is -2.53. The van der Waals surface area contributed by atoms with Gasteiger partial charge in [0.1, 0.15) is 0 Å². The van der Waals surface area contributed by atoms with Crippen LogP contribution >= 0.6 is 0 Å². The summed E-state index contributed by atoms with van der Waals surface area (Å²) >= 11 is 0. The molecular weight excluding hydrogens is 306 g/mol. The first kappa shape index (κ1) is 18.6. The van der Waals surface area contributed by atoms with Gasteiger partial charge in [-0.25, -0.2) is 9.59 Å². The molecule has 1 unspecified atom stereocenters. The van der Waals surface area contributed by atoms with Gasteiger partial charge >= 0.3 is 11.9 Å². The first-order valence-corrected chi connectivity index (χ1v) is 7.11. The number of carbonyl (C=O) groups is 2. The molecule has 1 atom stereocenters. The number of carbonyl (C=O) groups excluding carboxylic acids is 2. The molecule has 0 fully saturated rings. The van der Waals surface area contributed by atoms with Crippen LogP contribution in [0.15, 0.2) is 30.3 Å². The molecule has 0 spiro atoms. The van der Waals surface area contributed by atoms with Gasteiger partial charge in [0.25, 0.3) is 5.60 Å². The molecule has 1 rings (SSSR count). The predicted octanol–water partition coefficient (Wildman–Crippen LogP) is 0.904. The summed E-state index contributed by atoms with van der Waals surface area (Å²) in [5, 5.41) is 21.7. The number of benzene rings is 1. The van der Waals surface area contributed by atoms with Gasteiger partial charge in [-0.1, -0.05) is 30.3 Å². The highest BCUT2D eigenvalue weighted by molar-refractivity contribution is 6.04. The molecular formula is C15H19NO7. The zero-order valence-electron chi connectivity index (χ0n) is 12.9. The van der Waals surface area contributed by atoms with Crippen molar-refractivity contribution >= 4 is 11.9 Å². The molecule has 1 aromatic carbocycles. The average Bonchev–Trinajstić information content (AvgIpc) is 2.53. The van der Waals surface area contributed by atoms with Gasteiger partial charge in [-0.3, -0.25) is 10.1 Å². The van der Waals surface area contributed by atoms with Gasteiger partial charge in [0, 0.05) is 4.92 Å². The normalized spacial score (nSPS) is 12.3. The number of aliphatic hydroxyl groups is 1. The van der Waals surface area contributed by atoms with Crippen LogP contribution in [0.4, 0.5) is 0 Å². The zero-order chi connectivity index (χ0) is 17.5. The highest BCUT2D eigenvalue weighted by Crippen LogP contribution is 2.31. The number of nitrogens with zero attached hydrogens (tertiary/aromatic N) is 1. The van der Waals surface area contributed by atoms with E-state index in [1.165, 1.54) is 26.0 Å².